The summed E-state index contributed by atoms with van der Waals surface area (Å²) >= 11 is 11.3. The molecule has 1 rings (SSSR count). The van der Waals surface area contributed by atoms with Crippen LogP contribution >= 0.6 is 23.2 Å². The molecule has 2 atom stereocenters. The van der Waals surface area contributed by atoms with Crippen molar-refractivity contribution in [2.75, 3.05) is 6.61 Å². The Kier molecular flexibility index (Phi) is 6.00. The summed E-state index contributed by atoms with van der Waals surface area (Å²) in [6, 6.07) is 2.21. The van der Waals surface area contributed by atoms with Crippen molar-refractivity contribution in [1.82, 2.24) is 0 Å². The van der Waals surface area contributed by atoms with Gasteiger partial charge in [0.15, 0.2) is 0 Å². The number of ether oxygens (including phenoxy) is 1. The fraction of sp³-hybridized carbons (Fsp3) is 0.417. The number of carbonyl (C=O) groups is 1. The largest absolute Gasteiger partial charge is 0.466 e. The molecular weight excluding hydrogens is 298 g/mol. The fourth-order valence-electron chi connectivity index (χ4n) is 1.50. The first kappa shape index (κ1) is 16.2. The van der Waals surface area contributed by atoms with Gasteiger partial charge in [-0.15, -0.1) is 0 Å². The van der Waals surface area contributed by atoms with Crippen molar-refractivity contribution in [3.8, 4) is 0 Å². The Morgan fingerprint density at radius 2 is 2.05 bits per heavy atom. The van der Waals surface area contributed by atoms with Crippen LogP contribution in [0.15, 0.2) is 12.1 Å². The van der Waals surface area contributed by atoms with E-state index >= 15 is 0 Å². The van der Waals surface area contributed by atoms with Crippen molar-refractivity contribution < 1.29 is 24.1 Å². The first-order valence-corrected chi connectivity index (χ1v) is 6.28. The number of benzene rings is 1. The van der Waals surface area contributed by atoms with Crippen LogP contribution in [-0.2, 0) is 9.53 Å². The maximum atomic E-state index is 13.3. The molecule has 1 aromatic carbocycles. The van der Waals surface area contributed by atoms with E-state index in [0.717, 1.165) is 6.07 Å². The molecule has 0 spiro atoms. The maximum absolute atomic E-state index is 13.3. The summed E-state index contributed by atoms with van der Waals surface area (Å²) in [5.74, 6) is -1.49. The average molecular weight is 311 g/mol. The Bertz CT molecular complexity index is 467. The molecule has 0 amide bonds. The zero-order chi connectivity index (χ0) is 14.6. The second-order valence-corrected chi connectivity index (χ2v) is 4.63. The van der Waals surface area contributed by atoms with Gasteiger partial charge in [-0.05, 0) is 19.1 Å². The van der Waals surface area contributed by atoms with Crippen molar-refractivity contribution in [2.24, 2.45) is 0 Å². The van der Waals surface area contributed by atoms with Gasteiger partial charge in [0.25, 0.3) is 0 Å². The minimum Gasteiger partial charge on any atom is -0.466 e. The van der Waals surface area contributed by atoms with Gasteiger partial charge >= 0.3 is 5.97 Å². The number of esters is 1. The predicted molar refractivity (Wildman–Crippen MR) is 68.6 cm³/mol. The second kappa shape index (κ2) is 7.05. The van der Waals surface area contributed by atoms with E-state index in [4.69, 9.17) is 23.2 Å². The van der Waals surface area contributed by atoms with Crippen molar-refractivity contribution in [2.45, 2.75) is 25.6 Å². The molecule has 0 aliphatic rings. The summed E-state index contributed by atoms with van der Waals surface area (Å²) in [6.45, 7) is 1.78. The van der Waals surface area contributed by atoms with Gasteiger partial charge in [0.1, 0.15) is 11.9 Å². The number of aliphatic hydroxyl groups is 2. The van der Waals surface area contributed by atoms with Gasteiger partial charge in [-0.3, -0.25) is 4.79 Å². The molecule has 7 heteroatoms. The lowest BCUT2D eigenvalue weighted by atomic mass is 10.0. The predicted octanol–water partition coefficient (Wildman–Crippen LogP) is 2.48. The van der Waals surface area contributed by atoms with E-state index in [0.29, 0.717) is 0 Å². The summed E-state index contributed by atoms with van der Waals surface area (Å²) < 4.78 is 18.0. The SMILES string of the molecule is CCOC(=O)CC(O)C(O)c1cc(Cl)cc(F)c1Cl. The number of halogens is 3. The molecule has 19 heavy (non-hydrogen) atoms. The number of aliphatic hydroxyl groups excluding tert-OH is 2. The lowest BCUT2D eigenvalue weighted by Crippen LogP contribution is -2.23. The quantitative estimate of drug-likeness (QED) is 0.647. The third-order valence-corrected chi connectivity index (χ3v) is 3.00. The third kappa shape index (κ3) is 4.31. The Balaban J connectivity index is 2.88. The Morgan fingerprint density at radius 1 is 1.42 bits per heavy atom. The lowest BCUT2D eigenvalue weighted by Gasteiger charge is -2.19. The zero-order valence-corrected chi connectivity index (χ0v) is 11.6. The molecule has 106 valence electrons. The molecule has 0 saturated carbocycles. The highest BCUT2D eigenvalue weighted by atomic mass is 35.5. The van der Waals surface area contributed by atoms with Gasteiger partial charge in [0.05, 0.1) is 24.2 Å². The van der Waals surface area contributed by atoms with Crippen LogP contribution in [0.2, 0.25) is 10.0 Å². The van der Waals surface area contributed by atoms with E-state index < -0.39 is 30.4 Å². The van der Waals surface area contributed by atoms with Crippen LogP contribution in [0.4, 0.5) is 4.39 Å². The molecule has 1 aromatic rings. The van der Waals surface area contributed by atoms with Gasteiger partial charge < -0.3 is 14.9 Å². The maximum Gasteiger partial charge on any atom is 0.308 e. The minimum atomic E-state index is -1.54. The number of carbonyl (C=O) groups excluding carboxylic acids is 1. The molecule has 0 saturated heterocycles. The van der Waals surface area contributed by atoms with E-state index in [1.54, 1.807) is 6.92 Å². The molecular formula is C12H13Cl2FO4. The monoisotopic (exact) mass is 310 g/mol. The molecule has 0 heterocycles. The molecule has 0 aliphatic heterocycles. The molecule has 0 radical (unpaired) electrons. The van der Waals surface area contributed by atoms with Crippen LogP contribution in [0, 0.1) is 5.82 Å². The van der Waals surface area contributed by atoms with E-state index in [1.807, 2.05) is 0 Å². The summed E-state index contributed by atoms with van der Waals surface area (Å²) in [5.41, 5.74) is -0.0801. The molecule has 2 N–H and O–H groups in total. The van der Waals surface area contributed by atoms with Crippen molar-refractivity contribution in [3.05, 3.63) is 33.6 Å². The van der Waals surface area contributed by atoms with Crippen molar-refractivity contribution >= 4 is 29.2 Å². The fourth-order valence-corrected chi connectivity index (χ4v) is 1.93. The summed E-state index contributed by atoms with van der Waals surface area (Å²) in [7, 11) is 0. The molecule has 0 aromatic heterocycles. The highest BCUT2D eigenvalue weighted by Gasteiger charge is 2.25. The lowest BCUT2D eigenvalue weighted by molar-refractivity contribution is -0.147. The highest BCUT2D eigenvalue weighted by Crippen LogP contribution is 2.31. The molecule has 0 bridgehead atoms. The van der Waals surface area contributed by atoms with E-state index in [1.165, 1.54) is 6.07 Å². The molecule has 0 fully saturated rings. The van der Waals surface area contributed by atoms with Gasteiger partial charge in [0.2, 0.25) is 0 Å². The topological polar surface area (TPSA) is 66.8 Å². The summed E-state index contributed by atoms with van der Waals surface area (Å²) in [6.07, 6.45) is -3.43. The Morgan fingerprint density at radius 3 is 2.63 bits per heavy atom. The standard InChI is InChI=1S/C12H13Cl2FO4/c1-2-19-10(17)5-9(16)12(18)7-3-6(13)4-8(15)11(7)14/h3-4,9,12,16,18H,2,5H2,1H3. The summed E-state index contributed by atoms with van der Waals surface area (Å²) in [4.78, 5) is 11.2. The zero-order valence-electron chi connectivity index (χ0n) is 10.1. The van der Waals surface area contributed by atoms with Gasteiger partial charge in [-0.25, -0.2) is 4.39 Å². The summed E-state index contributed by atoms with van der Waals surface area (Å²) in [5, 5.41) is 19.2. The number of rotatable bonds is 5. The van der Waals surface area contributed by atoms with Gasteiger partial charge in [0, 0.05) is 10.6 Å². The van der Waals surface area contributed by atoms with Crippen LogP contribution in [0.25, 0.3) is 0 Å². The van der Waals surface area contributed by atoms with E-state index in [9.17, 15) is 19.4 Å². The number of hydrogen-bond donors (Lipinski definition) is 2. The smallest absolute Gasteiger partial charge is 0.308 e. The Hall–Kier alpha value is -0.880. The normalized spacial score (nSPS) is 14.0. The average Bonchev–Trinajstić information content (AvgIpc) is 2.33. The second-order valence-electron chi connectivity index (χ2n) is 3.81. The third-order valence-electron chi connectivity index (χ3n) is 2.39. The molecule has 0 aliphatic carbocycles. The highest BCUT2D eigenvalue weighted by molar-refractivity contribution is 6.33. The van der Waals surface area contributed by atoms with Crippen LogP contribution in [-0.4, -0.2) is 28.9 Å². The first-order chi connectivity index (χ1) is 8.86. The van der Waals surface area contributed by atoms with Crippen molar-refractivity contribution in [3.63, 3.8) is 0 Å². The minimum absolute atomic E-state index is 0.0271. The Labute approximate surface area is 119 Å². The van der Waals surface area contributed by atoms with Gasteiger partial charge in [-0.1, -0.05) is 23.2 Å². The van der Waals surface area contributed by atoms with Crippen LogP contribution < -0.4 is 0 Å². The van der Waals surface area contributed by atoms with E-state index in [2.05, 4.69) is 4.74 Å². The van der Waals surface area contributed by atoms with Crippen LogP contribution in [0.5, 0.6) is 0 Å². The van der Waals surface area contributed by atoms with Crippen LogP contribution in [0.3, 0.4) is 0 Å². The van der Waals surface area contributed by atoms with Gasteiger partial charge in [-0.2, -0.15) is 0 Å². The number of hydrogen-bond acceptors (Lipinski definition) is 4. The molecule has 2 unspecified atom stereocenters. The molecule has 4 nitrogen and oxygen atoms in total. The van der Waals surface area contributed by atoms with Crippen LogP contribution in [0.1, 0.15) is 25.0 Å². The van der Waals surface area contributed by atoms with Crippen molar-refractivity contribution in [1.29, 1.82) is 0 Å². The first-order valence-electron chi connectivity index (χ1n) is 5.53. The van der Waals surface area contributed by atoms with E-state index in [-0.39, 0.29) is 22.2 Å².